The van der Waals surface area contributed by atoms with Crippen molar-refractivity contribution in [2.75, 3.05) is 13.2 Å². The van der Waals surface area contributed by atoms with Gasteiger partial charge < -0.3 is 39.4 Å². The van der Waals surface area contributed by atoms with Crippen LogP contribution in [0, 0.1) is 0 Å². The molecule has 1 saturated heterocycles. The molecule has 1 aliphatic heterocycles. The molecular formula is C43H74O11. The highest BCUT2D eigenvalue weighted by molar-refractivity contribution is 5.73. The second-order valence-corrected chi connectivity index (χ2v) is 14.5. The normalized spacial score (nSPS) is 20.9. The number of esters is 2. The summed E-state index contributed by atoms with van der Waals surface area (Å²) in [6.07, 6.45) is 27.7. The van der Waals surface area contributed by atoms with Gasteiger partial charge in [-0.15, -0.1) is 0 Å². The van der Waals surface area contributed by atoms with Crippen LogP contribution < -0.4 is 0 Å². The number of ether oxygens (including phenoxy) is 4. The summed E-state index contributed by atoms with van der Waals surface area (Å²) < 4.78 is 21.7. The van der Waals surface area contributed by atoms with Crippen molar-refractivity contribution in [1.29, 1.82) is 0 Å². The number of aliphatic hydroxyl groups excluding tert-OH is 3. The molecule has 0 aliphatic carbocycles. The van der Waals surface area contributed by atoms with Gasteiger partial charge >= 0.3 is 17.9 Å². The molecule has 6 atom stereocenters. The standard InChI is InChI=1S/C43H74O11/c1-3-5-7-9-11-13-15-17-18-19-20-22-23-25-27-29-31-36(44)51-33-35(34-52-43-40(48)38(46)39(47)41(54-43)42(49)50)53-37(45)32-30-28-26-24-21-16-14-12-10-8-6-4-2/h12-15,18-19,35,38-41,43,46-48H,3-11,16-17,20-34H2,1-2H3,(H,49,50)/b14-12-,15-13-,19-18-. The van der Waals surface area contributed by atoms with E-state index in [2.05, 4.69) is 50.3 Å². The molecule has 6 unspecified atom stereocenters. The monoisotopic (exact) mass is 767 g/mol. The Hall–Kier alpha value is -2.57. The van der Waals surface area contributed by atoms with Crippen LogP contribution >= 0.6 is 0 Å². The molecule has 1 fully saturated rings. The molecule has 54 heavy (non-hydrogen) atoms. The predicted octanol–water partition coefficient (Wildman–Crippen LogP) is 8.42. The van der Waals surface area contributed by atoms with Crippen molar-refractivity contribution >= 4 is 17.9 Å². The number of carbonyl (C=O) groups excluding carboxylic acids is 2. The fourth-order valence-corrected chi connectivity index (χ4v) is 6.08. The summed E-state index contributed by atoms with van der Waals surface area (Å²) in [5, 5.41) is 39.7. The average molecular weight is 767 g/mol. The Kier molecular flexibility index (Phi) is 30.9. The van der Waals surface area contributed by atoms with E-state index in [-0.39, 0.29) is 19.4 Å². The lowest BCUT2D eigenvalue weighted by Gasteiger charge is -2.38. The first-order chi connectivity index (χ1) is 26.2. The SMILES string of the molecule is CCCCC/C=C\CCCCCCCC(=O)OC(COC(=O)CCCCCCC/C=C\C/C=C\CCCCCC)COC1OC(C(=O)O)C(O)C(O)C1O. The summed E-state index contributed by atoms with van der Waals surface area (Å²) in [5.41, 5.74) is 0. The van der Waals surface area contributed by atoms with Gasteiger partial charge in [-0.25, -0.2) is 4.79 Å². The van der Waals surface area contributed by atoms with Gasteiger partial charge in [-0.1, -0.05) is 121 Å². The smallest absolute Gasteiger partial charge is 0.335 e. The van der Waals surface area contributed by atoms with Crippen molar-refractivity contribution in [3.8, 4) is 0 Å². The maximum atomic E-state index is 12.7. The molecule has 1 rings (SSSR count). The second-order valence-electron chi connectivity index (χ2n) is 14.5. The van der Waals surface area contributed by atoms with Crippen molar-refractivity contribution in [3.63, 3.8) is 0 Å². The highest BCUT2D eigenvalue weighted by Crippen LogP contribution is 2.23. The van der Waals surface area contributed by atoms with Gasteiger partial charge in [0.15, 0.2) is 18.5 Å². The summed E-state index contributed by atoms with van der Waals surface area (Å²) in [5.74, 6) is -2.48. The first-order valence-corrected chi connectivity index (χ1v) is 21.0. The zero-order valence-electron chi connectivity index (χ0n) is 33.5. The van der Waals surface area contributed by atoms with Crippen LogP contribution in [0.15, 0.2) is 36.5 Å². The Labute approximate surface area is 325 Å². The molecule has 0 spiro atoms. The minimum atomic E-state index is -1.86. The molecule has 1 heterocycles. The van der Waals surface area contributed by atoms with E-state index in [0.717, 1.165) is 83.5 Å². The first-order valence-electron chi connectivity index (χ1n) is 21.0. The number of allylic oxidation sites excluding steroid dienone is 6. The zero-order valence-corrected chi connectivity index (χ0v) is 33.5. The van der Waals surface area contributed by atoms with Gasteiger partial charge in [0, 0.05) is 12.8 Å². The van der Waals surface area contributed by atoms with E-state index in [1.165, 1.54) is 44.9 Å². The summed E-state index contributed by atoms with van der Waals surface area (Å²) in [6, 6.07) is 0. The topological polar surface area (TPSA) is 169 Å². The molecule has 11 nitrogen and oxygen atoms in total. The number of unbranched alkanes of at least 4 members (excludes halogenated alkanes) is 17. The third-order valence-corrected chi connectivity index (χ3v) is 9.46. The molecule has 1 aliphatic rings. The average Bonchev–Trinajstić information content (AvgIpc) is 3.15. The molecule has 0 amide bonds. The highest BCUT2D eigenvalue weighted by Gasteiger charge is 2.47. The van der Waals surface area contributed by atoms with Crippen molar-refractivity contribution in [2.24, 2.45) is 0 Å². The maximum absolute atomic E-state index is 12.7. The van der Waals surface area contributed by atoms with Gasteiger partial charge in [0.1, 0.15) is 24.9 Å². The molecule has 0 aromatic rings. The van der Waals surface area contributed by atoms with E-state index in [4.69, 9.17) is 18.9 Å². The van der Waals surface area contributed by atoms with Gasteiger partial charge in [-0.3, -0.25) is 9.59 Å². The van der Waals surface area contributed by atoms with Crippen LogP contribution in [0.4, 0.5) is 0 Å². The van der Waals surface area contributed by atoms with Crippen LogP contribution in [0.25, 0.3) is 0 Å². The lowest BCUT2D eigenvalue weighted by atomic mass is 9.99. The fraction of sp³-hybridized carbons (Fsp3) is 0.791. The van der Waals surface area contributed by atoms with Gasteiger partial charge in [0.2, 0.25) is 0 Å². The minimum absolute atomic E-state index is 0.169. The zero-order chi connectivity index (χ0) is 39.7. The Balaban J connectivity index is 2.41. The number of carboxylic acids is 1. The number of rotatable bonds is 34. The van der Waals surface area contributed by atoms with Crippen LogP contribution in [-0.4, -0.2) is 88.4 Å². The van der Waals surface area contributed by atoms with E-state index in [9.17, 15) is 34.8 Å². The van der Waals surface area contributed by atoms with Gasteiger partial charge in [0.05, 0.1) is 6.61 Å². The molecule has 0 aromatic heterocycles. The third kappa shape index (κ3) is 25.5. The van der Waals surface area contributed by atoms with Gasteiger partial charge in [-0.2, -0.15) is 0 Å². The predicted molar refractivity (Wildman–Crippen MR) is 211 cm³/mol. The van der Waals surface area contributed by atoms with Crippen molar-refractivity contribution in [1.82, 2.24) is 0 Å². The molecular weight excluding hydrogens is 692 g/mol. The second kappa shape index (κ2) is 33.7. The molecule has 0 aromatic carbocycles. The van der Waals surface area contributed by atoms with Crippen LogP contribution in [-0.2, 0) is 33.3 Å². The summed E-state index contributed by atoms with van der Waals surface area (Å²) in [6.45, 7) is 3.73. The number of aliphatic carboxylic acids is 1. The van der Waals surface area contributed by atoms with Crippen LogP contribution in [0.3, 0.4) is 0 Å². The summed E-state index contributed by atoms with van der Waals surface area (Å²) in [7, 11) is 0. The molecule has 0 radical (unpaired) electrons. The van der Waals surface area contributed by atoms with Crippen LogP contribution in [0.5, 0.6) is 0 Å². The van der Waals surface area contributed by atoms with E-state index >= 15 is 0 Å². The summed E-state index contributed by atoms with van der Waals surface area (Å²) in [4.78, 5) is 36.7. The fourth-order valence-electron chi connectivity index (χ4n) is 6.08. The van der Waals surface area contributed by atoms with Crippen LogP contribution in [0.2, 0.25) is 0 Å². The van der Waals surface area contributed by atoms with Gasteiger partial charge in [0.25, 0.3) is 0 Å². The van der Waals surface area contributed by atoms with Crippen molar-refractivity contribution in [2.45, 2.75) is 205 Å². The number of carbonyl (C=O) groups is 3. The lowest BCUT2D eigenvalue weighted by Crippen LogP contribution is -2.60. The third-order valence-electron chi connectivity index (χ3n) is 9.46. The quantitative estimate of drug-likeness (QED) is 0.0282. The van der Waals surface area contributed by atoms with Crippen molar-refractivity contribution in [3.05, 3.63) is 36.5 Å². The minimum Gasteiger partial charge on any atom is -0.479 e. The maximum Gasteiger partial charge on any atom is 0.335 e. The van der Waals surface area contributed by atoms with Crippen molar-refractivity contribution < 1.29 is 53.8 Å². The lowest BCUT2D eigenvalue weighted by molar-refractivity contribution is -0.298. The van der Waals surface area contributed by atoms with E-state index in [1.54, 1.807) is 0 Å². The molecule has 11 heteroatoms. The Morgan fingerprint density at radius 2 is 1.04 bits per heavy atom. The van der Waals surface area contributed by atoms with Gasteiger partial charge in [-0.05, 0) is 70.6 Å². The summed E-state index contributed by atoms with van der Waals surface area (Å²) >= 11 is 0. The molecule has 0 saturated carbocycles. The Bertz CT molecular complexity index is 1040. The number of hydrogen-bond donors (Lipinski definition) is 4. The largest absolute Gasteiger partial charge is 0.479 e. The number of hydrogen-bond acceptors (Lipinski definition) is 10. The Morgan fingerprint density at radius 1 is 0.574 bits per heavy atom. The number of carboxylic acid groups (broad SMARTS) is 1. The highest BCUT2D eigenvalue weighted by atomic mass is 16.7. The number of aliphatic hydroxyl groups is 3. The molecule has 4 N–H and O–H groups in total. The first kappa shape index (κ1) is 49.4. The van der Waals surface area contributed by atoms with E-state index < -0.39 is 61.3 Å². The Morgan fingerprint density at radius 3 is 1.59 bits per heavy atom. The molecule has 0 bridgehead atoms. The van der Waals surface area contributed by atoms with E-state index in [0.29, 0.717) is 12.8 Å². The van der Waals surface area contributed by atoms with Crippen LogP contribution in [0.1, 0.15) is 168 Å². The molecule has 312 valence electrons. The van der Waals surface area contributed by atoms with E-state index in [1.807, 2.05) is 0 Å².